The summed E-state index contributed by atoms with van der Waals surface area (Å²) in [6.07, 6.45) is 4.62. The number of carbonyl (C=O) groups is 1. The van der Waals surface area contributed by atoms with Gasteiger partial charge in [-0.25, -0.2) is 4.98 Å². The van der Waals surface area contributed by atoms with Crippen LogP contribution in [-0.4, -0.2) is 49.0 Å². The Balaban J connectivity index is 1.64. The van der Waals surface area contributed by atoms with E-state index in [0.717, 1.165) is 48.5 Å². The van der Waals surface area contributed by atoms with E-state index in [1.54, 1.807) is 0 Å². The molecule has 0 saturated carbocycles. The molecule has 126 valence electrons. The number of likely N-dealkylation sites (N-methyl/N-ethyl adjacent to an activating group) is 1. The van der Waals surface area contributed by atoms with Crippen molar-refractivity contribution >= 4 is 28.3 Å². The number of nitrogens with zero attached hydrogens (tertiary/aromatic N) is 3. The first kappa shape index (κ1) is 15.4. The number of amides is 1. The van der Waals surface area contributed by atoms with Gasteiger partial charge in [0.05, 0.1) is 17.7 Å². The summed E-state index contributed by atoms with van der Waals surface area (Å²) in [5.41, 5.74) is 3.07. The van der Waals surface area contributed by atoms with Crippen LogP contribution in [-0.2, 0) is 11.2 Å². The number of para-hydroxylation sites is 1. The van der Waals surface area contributed by atoms with Gasteiger partial charge in [-0.2, -0.15) is 0 Å². The summed E-state index contributed by atoms with van der Waals surface area (Å²) in [6.45, 7) is 3.51. The number of likely N-dealkylation sites (tertiary alicyclic amines) is 1. The van der Waals surface area contributed by atoms with E-state index in [-0.39, 0.29) is 5.91 Å². The van der Waals surface area contributed by atoms with Gasteiger partial charge < -0.3 is 10.2 Å². The van der Waals surface area contributed by atoms with Crippen LogP contribution in [0.4, 0.5) is 11.5 Å². The van der Waals surface area contributed by atoms with Gasteiger partial charge >= 0.3 is 0 Å². The lowest BCUT2D eigenvalue weighted by Crippen LogP contribution is -2.37. The number of rotatable bonds is 3. The Morgan fingerprint density at radius 1 is 1.17 bits per heavy atom. The van der Waals surface area contributed by atoms with Crippen LogP contribution in [0, 0.1) is 0 Å². The van der Waals surface area contributed by atoms with Crippen molar-refractivity contribution < 1.29 is 4.79 Å². The smallest absolute Gasteiger partial charge is 0.238 e. The highest BCUT2D eigenvalue weighted by Crippen LogP contribution is 2.36. The van der Waals surface area contributed by atoms with Crippen LogP contribution in [0.2, 0.25) is 0 Å². The molecule has 1 aromatic heterocycles. The number of nitrogens with one attached hydrogen (secondary N) is 1. The van der Waals surface area contributed by atoms with Crippen LogP contribution in [0.25, 0.3) is 10.9 Å². The zero-order chi connectivity index (χ0) is 16.5. The van der Waals surface area contributed by atoms with Crippen LogP contribution >= 0.6 is 0 Å². The highest BCUT2D eigenvalue weighted by atomic mass is 16.2. The van der Waals surface area contributed by atoms with Crippen LogP contribution in [0.3, 0.4) is 0 Å². The number of hydrogen-bond acceptors (Lipinski definition) is 4. The first-order chi connectivity index (χ1) is 11.7. The number of pyridine rings is 1. The topological polar surface area (TPSA) is 48.5 Å². The molecule has 0 bridgehead atoms. The fourth-order valence-corrected chi connectivity index (χ4v) is 3.82. The van der Waals surface area contributed by atoms with Crippen molar-refractivity contribution in [1.29, 1.82) is 0 Å². The zero-order valence-electron chi connectivity index (χ0n) is 14.2. The molecular formula is C19H24N4O. The molecule has 0 aliphatic carbocycles. The van der Waals surface area contributed by atoms with Gasteiger partial charge in [0.1, 0.15) is 5.82 Å². The molecule has 1 saturated heterocycles. The Labute approximate surface area is 142 Å². The fraction of sp³-hybridized carbons (Fsp3) is 0.474. The van der Waals surface area contributed by atoms with Gasteiger partial charge in [0.2, 0.25) is 5.91 Å². The van der Waals surface area contributed by atoms with E-state index in [1.165, 1.54) is 24.8 Å². The molecule has 1 N–H and O–H groups in total. The van der Waals surface area contributed by atoms with Crippen molar-refractivity contribution in [3.63, 3.8) is 0 Å². The number of piperidine rings is 1. The van der Waals surface area contributed by atoms with E-state index < -0.39 is 0 Å². The van der Waals surface area contributed by atoms with E-state index in [2.05, 4.69) is 28.2 Å². The van der Waals surface area contributed by atoms with Gasteiger partial charge in [-0.1, -0.05) is 24.6 Å². The second kappa shape index (κ2) is 6.40. The quantitative estimate of drug-likeness (QED) is 0.943. The lowest BCUT2D eigenvalue weighted by Gasteiger charge is -2.26. The Kier molecular flexibility index (Phi) is 4.10. The minimum Gasteiger partial charge on any atom is -0.359 e. The number of hydrogen-bond donors (Lipinski definition) is 1. The minimum absolute atomic E-state index is 0.0880. The van der Waals surface area contributed by atoms with Crippen molar-refractivity contribution in [1.82, 2.24) is 9.88 Å². The zero-order valence-corrected chi connectivity index (χ0v) is 14.2. The largest absolute Gasteiger partial charge is 0.359 e. The summed E-state index contributed by atoms with van der Waals surface area (Å²) in [6, 6.07) is 8.07. The second-order valence-corrected chi connectivity index (χ2v) is 6.86. The number of carbonyl (C=O) groups excluding carboxylic acids is 1. The summed E-state index contributed by atoms with van der Waals surface area (Å²) in [4.78, 5) is 21.8. The summed E-state index contributed by atoms with van der Waals surface area (Å²) in [5.74, 6) is 1.09. The average molecular weight is 324 g/mol. The molecule has 5 heteroatoms. The van der Waals surface area contributed by atoms with Gasteiger partial charge in [0.15, 0.2) is 0 Å². The molecule has 1 amide bonds. The summed E-state index contributed by atoms with van der Waals surface area (Å²) in [7, 11) is 2.06. The normalized spacial score (nSPS) is 18.0. The molecule has 0 spiro atoms. The monoisotopic (exact) mass is 324 g/mol. The van der Waals surface area contributed by atoms with E-state index in [9.17, 15) is 4.79 Å². The molecule has 2 aliphatic rings. The molecule has 0 atom stereocenters. The van der Waals surface area contributed by atoms with Crippen LogP contribution < -0.4 is 10.2 Å². The third-order valence-corrected chi connectivity index (χ3v) is 5.11. The van der Waals surface area contributed by atoms with Crippen molar-refractivity contribution in [3.8, 4) is 0 Å². The van der Waals surface area contributed by atoms with Crippen LogP contribution in [0.1, 0.15) is 24.8 Å². The maximum Gasteiger partial charge on any atom is 0.238 e. The Bertz CT molecular complexity index is 767. The molecule has 2 aromatic rings. The lowest BCUT2D eigenvalue weighted by atomic mass is 10.1. The molecule has 0 radical (unpaired) electrons. The van der Waals surface area contributed by atoms with E-state index >= 15 is 0 Å². The van der Waals surface area contributed by atoms with Gasteiger partial charge in [-0.05, 0) is 38.4 Å². The summed E-state index contributed by atoms with van der Waals surface area (Å²) in [5, 5.41) is 4.25. The van der Waals surface area contributed by atoms with Gasteiger partial charge in [-0.15, -0.1) is 0 Å². The molecule has 1 fully saturated rings. The van der Waals surface area contributed by atoms with Crippen molar-refractivity contribution in [3.05, 3.63) is 29.8 Å². The number of fused-ring (bicyclic) bond motifs is 2. The Morgan fingerprint density at radius 3 is 2.79 bits per heavy atom. The maximum atomic E-state index is 12.6. The predicted octanol–water partition coefficient (Wildman–Crippen LogP) is 2.65. The van der Waals surface area contributed by atoms with E-state index in [1.807, 2.05) is 18.2 Å². The average Bonchev–Trinajstić information content (AvgIpc) is 2.97. The van der Waals surface area contributed by atoms with Gasteiger partial charge in [-0.3, -0.25) is 9.69 Å². The number of benzene rings is 1. The molecule has 4 rings (SSSR count). The van der Waals surface area contributed by atoms with Gasteiger partial charge in [0, 0.05) is 24.5 Å². The molecule has 1 aromatic carbocycles. The van der Waals surface area contributed by atoms with Gasteiger partial charge in [0.25, 0.3) is 0 Å². The van der Waals surface area contributed by atoms with Crippen molar-refractivity contribution in [2.45, 2.75) is 25.7 Å². The summed E-state index contributed by atoms with van der Waals surface area (Å²) >= 11 is 0. The molecular weight excluding hydrogens is 300 g/mol. The van der Waals surface area contributed by atoms with Crippen LogP contribution in [0.15, 0.2) is 24.3 Å². The van der Waals surface area contributed by atoms with Crippen molar-refractivity contribution in [2.24, 2.45) is 0 Å². The molecule has 5 nitrogen and oxygen atoms in total. The van der Waals surface area contributed by atoms with E-state index in [0.29, 0.717) is 6.54 Å². The highest BCUT2D eigenvalue weighted by molar-refractivity contribution is 6.04. The maximum absolute atomic E-state index is 12.6. The molecule has 24 heavy (non-hydrogen) atoms. The predicted molar refractivity (Wildman–Crippen MR) is 97.6 cm³/mol. The Hall–Kier alpha value is -2.14. The lowest BCUT2D eigenvalue weighted by molar-refractivity contribution is -0.117. The number of aromatic nitrogens is 1. The van der Waals surface area contributed by atoms with E-state index in [4.69, 9.17) is 4.98 Å². The SMILES string of the molecule is CN1CCc2c1nc1ccccc1c2NC(=O)CN1CCCCC1. The van der Waals surface area contributed by atoms with Crippen molar-refractivity contribution in [2.75, 3.05) is 43.4 Å². The molecule has 3 heterocycles. The third kappa shape index (κ3) is 2.84. The second-order valence-electron chi connectivity index (χ2n) is 6.86. The molecule has 0 unspecified atom stereocenters. The first-order valence-corrected chi connectivity index (χ1v) is 8.87. The fourth-order valence-electron chi connectivity index (χ4n) is 3.82. The summed E-state index contributed by atoms with van der Waals surface area (Å²) < 4.78 is 0. The minimum atomic E-state index is 0.0880. The third-order valence-electron chi connectivity index (χ3n) is 5.11. The Morgan fingerprint density at radius 2 is 1.96 bits per heavy atom. The standard InChI is InChI=1S/C19H24N4O/c1-22-12-9-15-18(14-7-3-4-8-16(14)20-19(15)22)21-17(24)13-23-10-5-2-6-11-23/h3-4,7-8H,2,5-6,9-13H2,1H3,(H,20,21,24). The first-order valence-electron chi connectivity index (χ1n) is 8.87. The highest BCUT2D eigenvalue weighted by Gasteiger charge is 2.24. The van der Waals surface area contributed by atoms with Crippen LogP contribution in [0.5, 0.6) is 0 Å². The molecule has 2 aliphatic heterocycles. The number of anilines is 2.